The fourth-order valence-corrected chi connectivity index (χ4v) is 1.95. The molecule has 5 nitrogen and oxygen atoms in total. The van der Waals surface area contributed by atoms with Crippen molar-refractivity contribution in [3.63, 3.8) is 0 Å². The zero-order valence-corrected chi connectivity index (χ0v) is 8.66. The van der Waals surface area contributed by atoms with Gasteiger partial charge in [-0.15, -0.1) is 0 Å². The molecule has 1 saturated carbocycles. The zero-order valence-electron chi connectivity index (χ0n) is 8.66. The third-order valence-corrected chi connectivity index (χ3v) is 2.86. The van der Waals surface area contributed by atoms with Crippen molar-refractivity contribution >= 4 is 17.8 Å². The highest BCUT2D eigenvalue weighted by atomic mass is 16.2. The van der Waals surface area contributed by atoms with Crippen LogP contribution in [0.5, 0.6) is 0 Å². The normalized spacial score (nSPS) is 24.1. The number of nitrogens with zero attached hydrogens (tertiary/aromatic N) is 1. The maximum atomic E-state index is 11.5. The lowest BCUT2D eigenvalue weighted by molar-refractivity contribution is -0.137. The van der Waals surface area contributed by atoms with Crippen molar-refractivity contribution < 1.29 is 14.4 Å². The van der Waals surface area contributed by atoms with Crippen LogP contribution in [0.3, 0.4) is 0 Å². The van der Waals surface area contributed by atoms with Crippen molar-refractivity contribution in [3.05, 3.63) is 0 Å². The van der Waals surface area contributed by atoms with Crippen molar-refractivity contribution in [2.75, 3.05) is 0 Å². The fourth-order valence-electron chi connectivity index (χ4n) is 1.95. The van der Waals surface area contributed by atoms with Gasteiger partial charge in [0.2, 0.25) is 11.8 Å². The summed E-state index contributed by atoms with van der Waals surface area (Å²) in [6.07, 6.45) is 3.02. The van der Waals surface area contributed by atoms with E-state index in [1.165, 1.54) is 17.7 Å². The van der Waals surface area contributed by atoms with Crippen LogP contribution in [0.4, 0.5) is 4.79 Å². The first-order chi connectivity index (χ1) is 7.08. The Morgan fingerprint density at radius 3 is 2.60 bits per heavy atom. The maximum Gasteiger partial charge on any atom is 0.331 e. The van der Waals surface area contributed by atoms with E-state index in [9.17, 15) is 14.4 Å². The second-order valence-electron chi connectivity index (χ2n) is 4.32. The number of hydrogen-bond acceptors (Lipinski definition) is 3. The molecule has 1 N–H and O–H groups in total. The van der Waals surface area contributed by atoms with E-state index in [1.807, 2.05) is 6.92 Å². The molecule has 2 fully saturated rings. The number of hydrogen-bond donors (Lipinski definition) is 1. The monoisotopic (exact) mass is 210 g/mol. The number of nitrogens with one attached hydrogen (secondary N) is 1. The second kappa shape index (κ2) is 3.64. The summed E-state index contributed by atoms with van der Waals surface area (Å²) in [6.45, 7) is 1.85. The molecule has 1 saturated heterocycles. The van der Waals surface area contributed by atoms with E-state index in [2.05, 4.69) is 5.32 Å². The Bertz CT molecular complexity index is 303. The van der Waals surface area contributed by atoms with Gasteiger partial charge in [-0.2, -0.15) is 0 Å². The van der Waals surface area contributed by atoms with E-state index < -0.39 is 11.9 Å². The molecule has 4 amide bonds. The summed E-state index contributed by atoms with van der Waals surface area (Å²) in [5, 5.41) is 2.16. The number of imide groups is 2. The smallest absolute Gasteiger partial charge is 0.277 e. The number of rotatable bonds is 3. The standard InChI is InChI=1S/C10H14N2O3/c1-6(4-7-2-3-7)12-9(14)5-8(13)11-10(12)15/h6-7H,2-5H2,1H3,(H,11,13,15). The lowest BCUT2D eigenvalue weighted by Gasteiger charge is -2.30. The van der Waals surface area contributed by atoms with Crippen LogP contribution in [0.1, 0.15) is 32.6 Å². The number of amides is 4. The van der Waals surface area contributed by atoms with Gasteiger partial charge in [-0.3, -0.25) is 19.8 Å². The molecule has 0 aromatic heterocycles. The van der Waals surface area contributed by atoms with Crippen LogP contribution in [0.15, 0.2) is 0 Å². The fraction of sp³-hybridized carbons (Fsp3) is 0.700. The lowest BCUT2D eigenvalue weighted by Crippen LogP contribution is -2.55. The molecule has 1 unspecified atom stereocenters. The molecular formula is C10H14N2O3. The van der Waals surface area contributed by atoms with E-state index in [0.717, 1.165) is 6.42 Å². The van der Waals surface area contributed by atoms with Crippen molar-refractivity contribution in [1.82, 2.24) is 10.2 Å². The highest BCUT2D eigenvalue weighted by molar-refractivity contribution is 6.14. The Labute approximate surface area is 87.8 Å². The largest absolute Gasteiger partial charge is 0.331 e. The van der Waals surface area contributed by atoms with Crippen LogP contribution in [-0.4, -0.2) is 28.8 Å². The van der Waals surface area contributed by atoms with Crippen LogP contribution in [0.2, 0.25) is 0 Å². The highest BCUT2D eigenvalue weighted by Crippen LogP contribution is 2.34. The van der Waals surface area contributed by atoms with Gasteiger partial charge in [0.1, 0.15) is 6.42 Å². The van der Waals surface area contributed by atoms with Crippen molar-refractivity contribution in [2.24, 2.45) is 5.92 Å². The summed E-state index contributed by atoms with van der Waals surface area (Å²) in [5.41, 5.74) is 0. The van der Waals surface area contributed by atoms with Gasteiger partial charge in [0.05, 0.1) is 0 Å². The molecule has 1 atom stereocenters. The van der Waals surface area contributed by atoms with Gasteiger partial charge in [0.25, 0.3) is 0 Å². The molecule has 0 radical (unpaired) electrons. The van der Waals surface area contributed by atoms with E-state index in [0.29, 0.717) is 5.92 Å². The molecule has 0 aromatic rings. The first-order valence-corrected chi connectivity index (χ1v) is 5.24. The number of carbonyl (C=O) groups excluding carboxylic acids is 3. The molecule has 1 aliphatic carbocycles. The van der Waals surface area contributed by atoms with Crippen molar-refractivity contribution in [2.45, 2.75) is 38.6 Å². The van der Waals surface area contributed by atoms with Gasteiger partial charge < -0.3 is 0 Å². The molecule has 2 rings (SSSR count). The third-order valence-electron chi connectivity index (χ3n) is 2.86. The number of barbiturate groups is 1. The summed E-state index contributed by atoms with van der Waals surface area (Å²) < 4.78 is 0. The summed E-state index contributed by atoms with van der Waals surface area (Å²) >= 11 is 0. The molecule has 2 aliphatic rings. The molecule has 15 heavy (non-hydrogen) atoms. The quantitative estimate of drug-likeness (QED) is 0.695. The maximum absolute atomic E-state index is 11.5. The van der Waals surface area contributed by atoms with E-state index in [4.69, 9.17) is 0 Å². The molecule has 0 aromatic carbocycles. The first-order valence-electron chi connectivity index (χ1n) is 5.24. The van der Waals surface area contributed by atoms with Crippen LogP contribution in [-0.2, 0) is 9.59 Å². The number of carbonyl (C=O) groups is 3. The minimum Gasteiger partial charge on any atom is -0.277 e. The molecule has 0 spiro atoms. The predicted octanol–water partition coefficient (Wildman–Crippen LogP) is 0.643. The Hall–Kier alpha value is -1.39. The van der Waals surface area contributed by atoms with E-state index in [1.54, 1.807) is 0 Å². The molecule has 1 heterocycles. The van der Waals surface area contributed by atoms with Crippen LogP contribution >= 0.6 is 0 Å². The summed E-state index contributed by atoms with van der Waals surface area (Å²) in [6, 6.07) is -0.664. The van der Waals surface area contributed by atoms with E-state index in [-0.39, 0.29) is 18.4 Å². The Balaban J connectivity index is 2.01. The molecule has 82 valence electrons. The molecule has 5 heteroatoms. The first kappa shape index (κ1) is 10.1. The predicted molar refractivity (Wildman–Crippen MR) is 51.8 cm³/mol. The average molecular weight is 210 g/mol. The highest BCUT2D eigenvalue weighted by Gasteiger charge is 2.36. The molecular weight excluding hydrogens is 196 g/mol. The van der Waals surface area contributed by atoms with Gasteiger partial charge in [-0.25, -0.2) is 4.79 Å². The minimum absolute atomic E-state index is 0.0990. The van der Waals surface area contributed by atoms with Crippen molar-refractivity contribution in [1.29, 1.82) is 0 Å². The van der Waals surface area contributed by atoms with Gasteiger partial charge >= 0.3 is 6.03 Å². The van der Waals surface area contributed by atoms with Gasteiger partial charge in [0.15, 0.2) is 0 Å². The molecule has 1 aliphatic heterocycles. The second-order valence-corrected chi connectivity index (χ2v) is 4.32. The van der Waals surface area contributed by atoms with Gasteiger partial charge in [-0.1, -0.05) is 12.8 Å². The van der Waals surface area contributed by atoms with Crippen molar-refractivity contribution in [3.8, 4) is 0 Å². The molecule has 0 bridgehead atoms. The summed E-state index contributed by atoms with van der Waals surface area (Å²) in [4.78, 5) is 35.0. The third kappa shape index (κ3) is 2.16. The Kier molecular flexibility index (Phi) is 2.46. The average Bonchev–Trinajstić information content (AvgIpc) is 2.85. The van der Waals surface area contributed by atoms with E-state index >= 15 is 0 Å². The summed E-state index contributed by atoms with van der Waals surface area (Å²) in [5.74, 6) is -0.227. The topological polar surface area (TPSA) is 66.5 Å². The van der Waals surface area contributed by atoms with Gasteiger partial charge in [0, 0.05) is 6.04 Å². The minimum atomic E-state index is -0.565. The Morgan fingerprint density at radius 2 is 2.07 bits per heavy atom. The van der Waals surface area contributed by atoms with Crippen LogP contribution in [0, 0.1) is 5.92 Å². The Morgan fingerprint density at radius 1 is 1.40 bits per heavy atom. The zero-order chi connectivity index (χ0) is 11.0. The number of urea groups is 1. The summed E-state index contributed by atoms with van der Waals surface area (Å²) in [7, 11) is 0. The lowest BCUT2D eigenvalue weighted by atomic mass is 10.1. The SMILES string of the molecule is CC(CC1CC1)N1C(=O)CC(=O)NC1=O. The van der Waals surface area contributed by atoms with Gasteiger partial charge in [-0.05, 0) is 19.3 Å². The van der Waals surface area contributed by atoms with Crippen LogP contribution < -0.4 is 5.32 Å². The van der Waals surface area contributed by atoms with Crippen LogP contribution in [0.25, 0.3) is 0 Å².